The molecule has 1 aromatic rings. The number of ether oxygens (including phenoxy) is 1. The first-order valence-corrected chi connectivity index (χ1v) is 7.71. The zero-order chi connectivity index (χ0) is 15.2. The fourth-order valence-electron chi connectivity index (χ4n) is 2.66. The molecule has 0 spiro atoms. The van der Waals surface area contributed by atoms with Crippen molar-refractivity contribution in [1.82, 2.24) is 15.5 Å². The van der Waals surface area contributed by atoms with E-state index in [0.29, 0.717) is 17.8 Å². The lowest BCUT2D eigenvalue weighted by atomic mass is 9.96. The number of likely N-dealkylation sites (N-methyl/N-ethyl adjacent to an activating group) is 1. The van der Waals surface area contributed by atoms with Gasteiger partial charge in [-0.2, -0.15) is 4.98 Å². The van der Waals surface area contributed by atoms with Crippen LogP contribution in [0.25, 0.3) is 0 Å². The first kappa shape index (κ1) is 17.1. The van der Waals surface area contributed by atoms with Crippen LogP contribution in [0, 0.1) is 0 Å². The molecule has 20 heavy (non-hydrogen) atoms. The standard InChI is InChI=1S/C15H29N3O2/c1-7-12(16-10-4)11(5)13-17-14(18-20-13)15(8-2,9-3)19-6/h11-12,16H,7-10H2,1-6H3. The summed E-state index contributed by atoms with van der Waals surface area (Å²) in [6.07, 6.45) is 2.69. The summed E-state index contributed by atoms with van der Waals surface area (Å²) in [5.74, 6) is 1.55. The average Bonchev–Trinajstić information content (AvgIpc) is 2.97. The van der Waals surface area contributed by atoms with Crippen molar-refractivity contribution in [3.8, 4) is 0 Å². The van der Waals surface area contributed by atoms with E-state index in [1.807, 2.05) is 0 Å². The molecule has 0 saturated heterocycles. The maximum absolute atomic E-state index is 5.65. The molecular formula is C15H29N3O2. The summed E-state index contributed by atoms with van der Waals surface area (Å²) in [5, 5.41) is 7.62. The first-order valence-electron chi connectivity index (χ1n) is 7.71. The molecule has 1 N–H and O–H groups in total. The highest BCUT2D eigenvalue weighted by molar-refractivity contribution is 5.04. The first-order chi connectivity index (χ1) is 9.58. The Hall–Kier alpha value is -0.940. The number of methoxy groups -OCH3 is 1. The van der Waals surface area contributed by atoms with E-state index in [1.165, 1.54) is 0 Å². The van der Waals surface area contributed by atoms with Crippen molar-refractivity contribution < 1.29 is 9.26 Å². The molecule has 5 heteroatoms. The van der Waals surface area contributed by atoms with E-state index in [2.05, 4.69) is 50.1 Å². The highest BCUT2D eigenvalue weighted by atomic mass is 16.5. The Balaban J connectivity index is 2.95. The third-order valence-electron chi connectivity index (χ3n) is 4.28. The molecule has 0 aliphatic heterocycles. The van der Waals surface area contributed by atoms with Crippen molar-refractivity contribution in [3.05, 3.63) is 11.7 Å². The predicted molar refractivity (Wildman–Crippen MR) is 79.7 cm³/mol. The molecule has 116 valence electrons. The molecule has 1 aromatic heterocycles. The van der Waals surface area contributed by atoms with Gasteiger partial charge in [0.05, 0.1) is 5.92 Å². The highest BCUT2D eigenvalue weighted by Gasteiger charge is 2.34. The van der Waals surface area contributed by atoms with Gasteiger partial charge >= 0.3 is 0 Å². The van der Waals surface area contributed by atoms with Crippen molar-refractivity contribution in [1.29, 1.82) is 0 Å². The number of nitrogens with zero attached hydrogens (tertiary/aromatic N) is 2. The Morgan fingerprint density at radius 2 is 1.90 bits per heavy atom. The number of nitrogens with one attached hydrogen (secondary N) is 1. The van der Waals surface area contributed by atoms with Gasteiger partial charge in [0.25, 0.3) is 0 Å². The Morgan fingerprint density at radius 1 is 1.25 bits per heavy atom. The fraction of sp³-hybridized carbons (Fsp3) is 0.867. The Morgan fingerprint density at radius 3 is 2.35 bits per heavy atom. The van der Waals surface area contributed by atoms with Gasteiger partial charge in [-0.25, -0.2) is 0 Å². The molecule has 0 radical (unpaired) electrons. The smallest absolute Gasteiger partial charge is 0.231 e. The number of rotatable bonds is 9. The van der Waals surface area contributed by atoms with Crippen LogP contribution in [-0.4, -0.2) is 29.8 Å². The van der Waals surface area contributed by atoms with Crippen LogP contribution < -0.4 is 5.32 Å². The second-order valence-electron chi connectivity index (χ2n) is 5.22. The van der Waals surface area contributed by atoms with Gasteiger partial charge in [0, 0.05) is 13.2 Å². The summed E-state index contributed by atoms with van der Waals surface area (Å²) >= 11 is 0. The molecule has 1 rings (SSSR count). The number of aromatic nitrogens is 2. The van der Waals surface area contributed by atoms with Gasteiger partial charge in [-0.15, -0.1) is 0 Å². The molecule has 2 atom stereocenters. The van der Waals surface area contributed by atoms with Gasteiger partial charge in [-0.3, -0.25) is 0 Å². The fourth-order valence-corrected chi connectivity index (χ4v) is 2.66. The van der Waals surface area contributed by atoms with Gasteiger partial charge in [-0.05, 0) is 25.8 Å². The zero-order valence-electron chi connectivity index (χ0n) is 13.7. The van der Waals surface area contributed by atoms with E-state index in [0.717, 1.165) is 25.8 Å². The molecule has 2 unspecified atom stereocenters. The Kier molecular flexibility index (Phi) is 6.62. The summed E-state index contributed by atoms with van der Waals surface area (Å²) < 4.78 is 11.1. The molecule has 5 nitrogen and oxygen atoms in total. The lowest BCUT2D eigenvalue weighted by Gasteiger charge is -2.26. The summed E-state index contributed by atoms with van der Waals surface area (Å²) in [6.45, 7) is 11.5. The summed E-state index contributed by atoms with van der Waals surface area (Å²) in [6, 6.07) is 0.355. The molecule has 0 aromatic carbocycles. The minimum Gasteiger partial charge on any atom is -0.370 e. The van der Waals surface area contributed by atoms with E-state index in [4.69, 9.17) is 9.26 Å². The molecular weight excluding hydrogens is 254 g/mol. The van der Waals surface area contributed by atoms with Crippen LogP contribution in [0.2, 0.25) is 0 Å². The van der Waals surface area contributed by atoms with Crippen LogP contribution in [0.4, 0.5) is 0 Å². The largest absolute Gasteiger partial charge is 0.370 e. The van der Waals surface area contributed by atoms with Gasteiger partial charge in [0.15, 0.2) is 0 Å². The maximum atomic E-state index is 5.65. The van der Waals surface area contributed by atoms with Crippen LogP contribution in [0.5, 0.6) is 0 Å². The summed E-state index contributed by atoms with van der Waals surface area (Å²) in [7, 11) is 1.71. The maximum Gasteiger partial charge on any atom is 0.231 e. The third-order valence-corrected chi connectivity index (χ3v) is 4.28. The van der Waals surface area contributed by atoms with E-state index in [-0.39, 0.29) is 5.92 Å². The topological polar surface area (TPSA) is 60.2 Å². The highest BCUT2D eigenvalue weighted by Crippen LogP contribution is 2.31. The lowest BCUT2D eigenvalue weighted by Crippen LogP contribution is -2.33. The van der Waals surface area contributed by atoms with Crippen molar-refractivity contribution in [2.24, 2.45) is 0 Å². The van der Waals surface area contributed by atoms with E-state index < -0.39 is 5.60 Å². The molecule has 0 aliphatic rings. The monoisotopic (exact) mass is 283 g/mol. The van der Waals surface area contributed by atoms with Crippen LogP contribution in [-0.2, 0) is 10.3 Å². The lowest BCUT2D eigenvalue weighted by molar-refractivity contribution is -0.0306. The molecule has 0 saturated carbocycles. The van der Waals surface area contributed by atoms with Crippen LogP contribution in [0.1, 0.15) is 71.5 Å². The SMILES string of the molecule is CCNC(CC)C(C)c1nc(C(CC)(CC)OC)no1. The predicted octanol–water partition coefficient (Wildman–Crippen LogP) is 3.22. The number of hydrogen-bond donors (Lipinski definition) is 1. The van der Waals surface area contributed by atoms with Crippen LogP contribution in [0.15, 0.2) is 4.52 Å². The van der Waals surface area contributed by atoms with Crippen LogP contribution in [0.3, 0.4) is 0 Å². The van der Waals surface area contributed by atoms with Crippen molar-refractivity contribution in [2.45, 2.75) is 71.4 Å². The summed E-state index contributed by atoms with van der Waals surface area (Å²) in [5.41, 5.74) is -0.429. The van der Waals surface area contributed by atoms with Gasteiger partial charge in [-0.1, -0.05) is 39.8 Å². The normalized spacial score (nSPS) is 15.3. The van der Waals surface area contributed by atoms with E-state index in [9.17, 15) is 0 Å². The van der Waals surface area contributed by atoms with Crippen molar-refractivity contribution in [2.75, 3.05) is 13.7 Å². The van der Waals surface area contributed by atoms with Crippen molar-refractivity contribution >= 4 is 0 Å². The molecule has 0 amide bonds. The van der Waals surface area contributed by atoms with Crippen LogP contribution >= 0.6 is 0 Å². The molecule has 1 heterocycles. The minimum absolute atomic E-state index is 0.199. The molecule has 0 fully saturated rings. The zero-order valence-corrected chi connectivity index (χ0v) is 13.7. The van der Waals surface area contributed by atoms with Gasteiger partial charge in [0.2, 0.25) is 11.7 Å². The minimum atomic E-state index is -0.429. The quantitative estimate of drug-likeness (QED) is 0.754. The van der Waals surface area contributed by atoms with E-state index in [1.54, 1.807) is 7.11 Å². The Labute approximate surface area is 122 Å². The average molecular weight is 283 g/mol. The number of hydrogen-bond acceptors (Lipinski definition) is 5. The molecule has 0 aliphatic carbocycles. The van der Waals surface area contributed by atoms with Crippen molar-refractivity contribution in [3.63, 3.8) is 0 Å². The Bertz CT molecular complexity index is 380. The third kappa shape index (κ3) is 3.38. The second-order valence-corrected chi connectivity index (χ2v) is 5.22. The van der Waals surface area contributed by atoms with E-state index >= 15 is 0 Å². The molecule has 0 bridgehead atoms. The second kappa shape index (κ2) is 7.74. The summed E-state index contributed by atoms with van der Waals surface area (Å²) in [4.78, 5) is 4.60. The van der Waals surface area contributed by atoms with Gasteiger partial charge < -0.3 is 14.6 Å². The van der Waals surface area contributed by atoms with Gasteiger partial charge in [0.1, 0.15) is 5.60 Å².